The Labute approximate surface area is 144 Å². The van der Waals surface area contributed by atoms with Crippen molar-refractivity contribution >= 4 is 11.9 Å². The van der Waals surface area contributed by atoms with E-state index in [0.717, 1.165) is 29.9 Å². The molecule has 0 unspecified atom stereocenters. The first-order valence-corrected chi connectivity index (χ1v) is 8.58. The van der Waals surface area contributed by atoms with Gasteiger partial charge >= 0.3 is 6.03 Å². The zero-order chi connectivity index (χ0) is 17.2. The van der Waals surface area contributed by atoms with E-state index in [-0.39, 0.29) is 36.0 Å². The Balaban J connectivity index is 1.35. The van der Waals surface area contributed by atoms with E-state index in [0.29, 0.717) is 25.0 Å². The number of carbonyl (C=O) groups excluding carboxylic acids is 2. The topological polar surface area (TPSA) is 91.7 Å². The summed E-state index contributed by atoms with van der Waals surface area (Å²) < 4.78 is 12.0. The molecule has 2 aliphatic heterocycles. The first kappa shape index (κ1) is 14.6. The van der Waals surface area contributed by atoms with Gasteiger partial charge in [-0.25, -0.2) is 4.79 Å². The lowest BCUT2D eigenvalue weighted by atomic mass is 9.87. The van der Waals surface area contributed by atoms with E-state index in [1.165, 1.54) is 4.90 Å². The van der Waals surface area contributed by atoms with Crippen molar-refractivity contribution < 1.29 is 19.1 Å². The lowest BCUT2D eigenvalue weighted by molar-refractivity contribution is -0.129. The number of amides is 3. The highest BCUT2D eigenvalue weighted by Crippen LogP contribution is 2.59. The molecule has 1 aromatic carbocycles. The molecule has 4 aliphatic rings. The van der Waals surface area contributed by atoms with E-state index in [9.17, 15) is 14.9 Å². The highest BCUT2D eigenvalue weighted by molar-refractivity contribution is 6.02. The van der Waals surface area contributed by atoms with Crippen LogP contribution in [0.1, 0.15) is 36.8 Å². The Bertz CT molecular complexity index is 817. The van der Waals surface area contributed by atoms with E-state index in [2.05, 4.69) is 11.4 Å². The van der Waals surface area contributed by atoms with Gasteiger partial charge in [0.05, 0.1) is 24.8 Å². The van der Waals surface area contributed by atoms with Gasteiger partial charge in [-0.3, -0.25) is 9.69 Å². The van der Waals surface area contributed by atoms with Crippen LogP contribution in [0.3, 0.4) is 0 Å². The molecule has 7 nitrogen and oxygen atoms in total. The molecular weight excluding hydrogens is 322 g/mol. The lowest BCUT2D eigenvalue weighted by Gasteiger charge is -2.39. The number of urea groups is 1. The van der Waals surface area contributed by atoms with E-state index in [4.69, 9.17) is 9.47 Å². The molecule has 0 aromatic heterocycles. The van der Waals surface area contributed by atoms with E-state index in [1.54, 1.807) is 12.1 Å². The Morgan fingerprint density at radius 3 is 2.76 bits per heavy atom. The van der Waals surface area contributed by atoms with E-state index < -0.39 is 0 Å². The number of rotatable bonds is 3. The monoisotopic (exact) mass is 339 g/mol. The minimum absolute atomic E-state index is 0.0550. The first-order valence-electron chi connectivity index (χ1n) is 8.58. The molecule has 2 aliphatic carbocycles. The number of carbonyl (C=O) groups is 2. The second-order valence-corrected chi connectivity index (χ2v) is 7.32. The number of ether oxygens (including phenoxy) is 2. The molecule has 0 atom stereocenters. The third-order valence-corrected chi connectivity index (χ3v) is 5.69. The SMILES string of the molecule is N#Cc1cc2c(c(OC3CC(N4C(=O)CNC4=O)C3)c1)C1(CC1)CO2. The number of hydrogen-bond acceptors (Lipinski definition) is 5. The Morgan fingerprint density at radius 2 is 2.12 bits per heavy atom. The molecule has 0 radical (unpaired) electrons. The van der Waals surface area contributed by atoms with Crippen molar-refractivity contribution in [2.24, 2.45) is 0 Å². The molecule has 7 heteroatoms. The molecule has 2 saturated carbocycles. The van der Waals surface area contributed by atoms with Crippen LogP contribution in [-0.2, 0) is 10.2 Å². The zero-order valence-electron chi connectivity index (χ0n) is 13.6. The summed E-state index contributed by atoms with van der Waals surface area (Å²) in [5.74, 6) is 1.31. The van der Waals surface area contributed by atoms with Gasteiger partial charge in [-0.05, 0) is 25.0 Å². The van der Waals surface area contributed by atoms with Crippen molar-refractivity contribution in [2.75, 3.05) is 13.2 Å². The number of benzene rings is 1. The normalized spacial score (nSPS) is 28.0. The second-order valence-electron chi connectivity index (χ2n) is 7.32. The molecule has 1 saturated heterocycles. The maximum atomic E-state index is 11.8. The first-order chi connectivity index (χ1) is 12.1. The minimum atomic E-state index is -0.314. The van der Waals surface area contributed by atoms with Crippen molar-refractivity contribution in [3.05, 3.63) is 23.3 Å². The summed E-state index contributed by atoms with van der Waals surface area (Å²) in [4.78, 5) is 24.8. The third-order valence-electron chi connectivity index (χ3n) is 5.69. The minimum Gasteiger partial charge on any atom is -0.492 e. The predicted molar refractivity (Wildman–Crippen MR) is 85.2 cm³/mol. The Hall–Kier alpha value is -2.75. The van der Waals surface area contributed by atoms with Crippen LogP contribution < -0.4 is 14.8 Å². The van der Waals surface area contributed by atoms with Crippen LogP contribution in [-0.4, -0.2) is 42.1 Å². The number of imide groups is 1. The predicted octanol–water partition coefficient (Wildman–Crippen LogP) is 1.44. The maximum absolute atomic E-state index is 11.8. The summed E-state index contributed by atoms with van der Waals surface area (Å²) in [6, 6.07) is 5.31. The van der Waals surface area contributed by atoms with Crippen LogP contribution in [0.25, 0.3) is 0 Å². The lowest BCUT2D eigenvalue weighted by Crippen LogP contribution is -2.51. The van der Waals surface area contributed by atoms with Crippen LogP contribution >= 0.6 is 0 Å². The fourth-order valence-electron chi connectivity index (χ4n) is 4.05. The van der Waals surface area contributed by atoms with Gasteiger partial charge in [0.15, 0.2) is 0 Å². The van der Waals surface area contributed by atoms with Crippen molar-refractivity contribution in [1.29, 1.82) is 5.26 Å². The summed E-state index contributed by atoms with van der Waals surface area (Å²) in [7, 11) is 0. The fourth-order valence-corrected chi connectivity index (χ4v) is 4.05. The van der Waals surface area contributed by atoms with Gasteiger partial charge in [-0.2, -0.15) is 5.26 Å². The summed E-state index contributed by atoms with van der Waals surface area (Å²) in [5.41, 5.74) is 1.67. The number of fused-ring (bicyclic) bond motifs is 2. The summed E-state index contributed by atoms with van der Waals surface area (Å²) in [6.45, 7) is 0.738. The summed E-state index contributed by atoms with van der Waals surface area (Å²) in [5, 5.41) is 11.8. The molecule has 1 N–H and O–H groups in total. The molecule has 128 valence electrons. The van der Waals surface area contributed by atoms with Gasteiger partial charge < -0.3 is 14.8 Å². The van der Waals surface area contributed by atoms with Gasteiger partial charge in [0.2, 0.25) is 5.91 Å². The number of nitrogens with one attached hydrogen (secondary N) is 1. The molecule has 1 aromatic rings. The highest BCUT2D eigenvalue weighted by Gasteiger charge is 2.53. The van der Waals surface area contributed by atoms with Crippen molar-refractivity contribution in [2.45, 2.75) is 43.2 Å². The molecule has 2 heterocycles. The van der Waals surface area contributed by atoms with E-state index in [1.807, 2.05) is 0 Å². The molecular formula is C18H17N3O4. The number of nitrogens with zero attached hydrogens (tertiary/aromatic N) is 2. The quantitative estimate of drug-likeness (QED) is 0.842. The highest BCUT2D eigenvalue weighted by atomic mass is 16.5. The summed E-state index contributed by atoms with van der Waals surface area (Å²) in [6.07, 6.45) is 3.35. The van der Waals surface area contributed by atoms with Crippen LogP contribution in [0.4, 0.5) is 4.79 Å². The third kappa shape index (κ3) is 2.10. The van der Waals surface area contributed by atoms with Gasteiger partial charge in [-0.1, -0.05) is 0 Å². The average molecular weight is 339 g/mol. The van der Waals surface area contributed by atoms with Crippen LogP contribution in [0.2, 0.25) is 0 Å². The zero-order valence-corrected chi connectivity index (χ0v) is 13.6. The van der Waals surface area contributed by atoms with Crippen molar-refractivity contribution in [1.82, 2.24) is 10.2 Å². The second kappa shape index (κ2) is 4.88. The fraction of sp³-hybridized carbons (Fsp3) is 0.500. The molecule has 1 spiro atoms. The van der Waals surface area contributed by atoms with E-state index >= 15 is 0 Å². The Kier molecular flexibility index (Phi) is 2.85. The maximum Gasteiger partial charge on any atom is 0.324 e. The van der Waals surface area contributed by atoms with Crippen LogP contribution in [0.5, 0.6) is 11.5 Å². The van der Waals surface area contributed by atoms with Crippen molar-refractivity contribution in [3.63, 3.8) is 0 Å². The summed E-state index contributed by atoms with van der Waals surface area (Å²) >= 11 is 0. The van der Waals surface area contributed by atoms with Gasteiger partial charge in [0.25, 0.3) is 0 Å². The number of nitriles is 1. The van der Waals surface area contributed by atoms with Gasteiger partial charge in [0, 0.05) is 29.9 Å². The molecule has 0 bridgehead atoms. The van der Waals surface area contributed by atoms with Crippen molar-refractivity contribution in [3.8, 4) is 17.6 Å². The van der Waals surface area contributed by atoms with Crippen LogP contribution in [0, 0.1) is 11.3 Å². The van der Waals surface area contributed by atoms with Crippen LogP contribution in [0.15, 0.2) is 12.1 Å². The van der Waals surface area contributed by atoms with Gasteiger partial charge in [-0.15, -0.1) is 0 Å². The standard InChI is InChI=1S/C18H17N3O4/c19-7-10-3-13-16(18(1-2-18)9-24-13)14(4-10)25-12-5-11(6-12)21-15(22)8-20-17(21)23/h3-4,11-12H,1-2,5-6,8-9H2,(H,20,23). The average Bonchev–Trinajstić information content (AvgIpc) is 3.15. The molecule has 3 fully saturated rings. The largest absolute Gasteiger partial charge is 0.492 e. The number of hydrogen-bond donors (Lipinski definition) is 1. The molecule has 5 rings (SSSR count). The molecule has 25 heavy (non-hydrogen) atoms. The smallest absolute Gasteiger partial charge is 0.324 e. The van der Waals surface area contributed by atoms with Gasteiger partial charge in [0.1, 0.15) is 17.6 Å². The molecule has 3 amide bonds. The Morgan fingerprint density at radius 1 is 1.32 bits per heavy atom.